The third kappa shape index (κ3) is 4.23. The van der Waals surface area contributed by atoms with E-state index in [0.29, 0.717) is 23.3 Å². The lowest BCUT2D eigenvalue weighted by Crippen LogP contribution is -2.49. The highest BCUT2D eigenvalue weighted by Crippen LogP contribution is 2.42. The summed E-state index contributed by atoms with van der Waals surface area (Å²) in [6.07, 6.45) is 3.35. The Bertz CT molecular complexity index is 1600. The fourth-order valence-electron chi connectivity index (χ4n) is 5.31. The molecule has 0 amide bonds. The fraction of sp³-hybridized carbons (Fsp3) is 0.321. The number of hydrogen-bond acceptors (Lipinski definition) is 8. The van der Waals surface area contributed by atoms with Crippen LogP contribution in [-0.2, 0) is 15.4 Å². The first-order chi connectivity index (χ1) is 18.2. The summed E-state index contributed by atoms with van der Waals surface area (Å²) in [5.41, 5.74) is 2.81. The molecule has 1 saturated heterocycles. The maximum absolute atomic E-state index is 14.0. The molecule has 0 unspecified atom stereocenters. The molecule has 196 valence electrons. The van der Waals surface area contributed by atoms with Crippen molar-refractivity contribution in [3.63, 3.8) is 0 Å². The maximum Gasteiger partial charge on any atom is 0.267 e. The second kappa shape index (κ2) is 9.21. The molecule has 2 aliphatic rings. The Hall–Kier alpha value is -3.76. The first-order valence-corrected chi connectivity index (χ1v) is 14.3. The van der Waals surface area contributed by atoms with Crippen molar-refractivity contribution < 1.29 is 8.42 Å². The van der Waals surface area contributed by atoms with E-state index >= 15 is 0 Å². The van der Waals surface area contributed by atoms with Gasteiger partial charge in [0.1, 0.15) is 4.90 Å². The smallest absolute Gasteiger partial charge is 0.267 e. The van der Waals surface area contributed by atoms with Gasteiger partial charge in [0, 0.05) is 72.4 Å². The Morgan fingerprint density at radius 3 is 2.63 bits per heavy atom. The molecule has 0 spiro atoms. The van der Waals surface area contributed by atoms with Gasteiger partial charge in [-0.1, -0.05) is 32.0 Å². The van der Waals surface area contributed by atoms with Gasteiger partial charge in [-0.25, -0.2) is 17.7 Å². The van der Waals surface area contributed by atoms with Crippen LogP contribution in [0.2, 0.25) is 0 Å². The molecule has 0 aliphatic carbocycles. The Labute approximate surface area is 223 Å². The molecule has 38 heavy (non-hydrogen) atoms. The van der Waals surface area contributed by atoms with E-state index in [2.05, 4.69) is 44.6 Å². The standard InChI is InChI=1S/C28H31N7O2S/c1-19-16-29-14-15-34(19)22-11-9-21(10-12-22)32-27-31-17-23-26(33-27)35(18-28(23,2)3)38(36,37)24-8-4-6-20-7-5-13-30-25(20)24/h4-13,17,19,29H,14-16,18H2,1-3H3,(H,31,32,33)/t19-/m0/s1. The Morgan fingerprint density at radius 2 is 1.84 bits per heavy atom. The lowest BCUT2D eigenvalue weighted by molar-refractivity contribution is 0.501. The monoisotopic (exact) mass is 529 g/mol. The van der Waals surface area contributed by atoms with Crippen LogP contribution in [0.4, 0.5) is 23.1 Å². The van der Waals surface area contributed by atoms with E-state index in [1.807, 2.05) is 38.1 Å². The quantitative estimate of drug-likeness (QED) is 0.399. The van der Waals surface area contributed by atoms with Crippen LogP contribution in [0.15, 0.2) is 71.9 Å². The van der Waals surface area contributed by atoms with Crippen molar-refractivity contribution >= 4 is 44.1 Å². The van der Waals surface area contributed by atoms with Crippen molar-refractivity contribution in [1.82, 2.24) is 20.3 Å². The van der Waals surface area contributed by atoms with Crippen molar-refractivity contribution in [3.05, 3.63) is 72.6 Å². The van der Waals surface area contributed by atoms with Gasteiger partial charge >= 0.3 is 0 Å². The van der Waals surface area contributed by atoms with Gasteiger partial charge in [0.25, 0.3) is 10.0 Å². The van der Waals surface area contributed by atoms with Crippen LogP contribution >= 0.6 is 0 Å². The number of fused-ring (bicyclic) bond motifs is 2. The minimum atomic E-state index is -3.92. The third-order valence-electron chi connectivity index (χ3n) is 7.39. The number of sulfonamides is 1. The van der Waals surface area contributed by atoms with Crippen LogP contribution in [-0.4, -0.2) is 55.6 Å². The maximum atomic E-state index is 14.0. The first-order valence-electron chi connectivity index (χ1n) is 12.8. The van der Waals surface area contributed by atoms with Gasteiger partial charge in [-0.2, -0.15) is 4.98 Å². The molecule has 2 aromatic heterocycles. The predicted molar refractivity (Wildman–Crippen MR) is 151 cm³/mol. The molecule has 6 rings (SSSR count). The summed E-state index contributed by atoms with van der Waals surface area (Å²) in [6.45, 7) is 9.40. The molecular weight excluding hydrogens is 498 g/mol. The van der Waals surface area contributed by atoms with Crippen molar-refractivity contribution in [3.8, 4) is 0 Å². The molecule has 1 atom stereocenters. The van der Waals surface area contributed by atoms with Crippen molar-refractivity contribution in [1.29, 1.82) is 0 Å². The lowest BCUT2D eigenvalue weighted by Gasteiger charge is -2.36. The summed E-state index contributed by atoms with van der Waals surface area (Å²) < 4.78 is 29.4. The van der Waals surface area contributed by atoms with Gasteiger partial charge in [-0.05, 0) is 43.3 Å². The summed E-state index contributed by atoms with van der Waals surface area (Å²) in [4.78, 5) is 16.2. The lowest BCUT2D eigenvalue weighted by atomic mass is 9.89. The van der Waals surface area contributed by atoms with Crippen LogP contribution in [0, 0.1) is 0 Å². The third-order valence-corrected chi connectivity index (χ3v) is 9.16. The molecule has 0 saturated carbocycles. The van der Waals surface area contributed by atoms with Crippen molar-refractivity contribution in [2.45, 2.75) is 37.1 Å². The highest BCUT2D eigenvalue weighted by atomic mass is 32.2. The summed E-state index contributed by atoms with van der Waals surface area (Å²) in [6, 6.07) is 17.5. The van der Waals surface area contributed by atoms with Gasteiger partial charge in [0.15, 0.2) is 5.82 Å². The number of piperazine rings is 1. The van der Waals surface area contributed by atoms with E-state index in [4.69, 9.17) is 4.98 Å². The number of anilines is 4. The molecule has 2 aliphatic heterocycles. The number of nitrogens with one attached hydrogen (secondary N) is 2. The zero-order valence-electron chi connectivity index (χ0n) is 21.7. The predicted octanol–water partition coefficient (Wildman–Crippen LogP) is 4.05. The summed E-state index contributed by atoms with van der Waals surface area (Å²) in [5.74, 6) is 0.743. The molecule has 2 aromatic carbocycles. The summed E-state index contributed by atoms with van der Waals surface area (Å²) in [5, 5.41) is 7.45. The average molecular weight is 530 g/mol. The van der Waals surface area contributed by atoms with Gasteiger partial charge in [-0.15, -0.1) is 0 Å². The largest absolute Gasteiger partial charge is 0.366 e. The fourth-order valence-corrected chi connectivity index (χ4v) is 7.07. The van der Waals surface area contributed by atoms with Gasteiger partial charge < -0.3 is 15.5 Å². The Kier molecular flexibility index (Phi) is 5.96. The van der Waals surface area contributed by atoms with Crippen molar-refractivity contribution in [2.24, 2.45) is 0 Å². The van der Waals surface area contributed by atoms with Crippen LogP contribution in [0.1, 0.15) is 26.3 Å². The van der Waals surface area contributed by atoms with Crippen LogP contribution in [0.3, 0.4) is 0 Å². The van der Waals surface area contributed by atoms with Crippen LogP contribution in [0.25, 0.3) is 10.9 Å². The molecule has 4 heterocycles. The molecule has 4 aromatic rings. The molecule has 1 fully saturated rings. The SMILES string of the molecule is C[C@H]1CNCCN1c1ccc(Nc2ncc3c(n2)N(S(=O)(=O)c2cccc4cccnc24)CC3(C)C)cc1. The Balaban J connectivity index is 1.32. The number of hydrogen-bond donors (Lipinski definition) is 2. The molecular formula is C28H31N7O2S. The Morgan fingerprint density at radius 1 is 1.05 bits per heavy atom. The first kappa shape index (κ1) is 24.6. The van der Waals surface area contributed by atoms with E-state index in [1.165, 1.54) is 9.99 Å². The highest BCUT2D eigenvalue weighted by molar-refractivity contribution is 7.93. The summed E-state index contributed by atoms with van der Waals surface area (Å²) in [7, 11) is -3.92. The average Bonchev–Trinajstić information content (AvgIpc) is 3.20. The van der Waals surface area contributed by atoms with E-state index in [1.54, 1.807) is 30.6 Å². The second-order valence-corrected chi connectivity index (χ2v) is 12.4. The van der Waals surface area contributed by atoms with Gasteiger partial charge in [-0.3, -0.25) is 4.98 Å². The number of benzene rings is 2. The molecule has 0 bridgehead atoms. The number of para-hydroxylation sites is 1. The molecule has 2 N–H and O–H groups in total. The number of pyridine rings is 1. The molecule has 9 nitrogen and oxygen atoms in total. The number of aromatic nitrogens is 3. The molecule has 0 radical (unpaired) electrons. The highest BCUT2D eigenvalue weighted by Gasteiger charge is 2.43. The van der Waals surface area contributed by atoms with E-state index < -0.39 is 15.4 Å². The molecule has 10 heteroatoms. The number of rotatable bonds is 5. The summed E-state index contributed by atoms with van der Waals surface area (Å²) >= 11 is 0. The number of nitrogens with zero attached hydrogens (tertiary/aromatic N) is 5. The second-order valence-electron chi connectivity index (χ2n) is 10.6. The minimum Gasteiger partial charge on any atom is -0.366 e. The van der Waals surface area contributed by atoms with E-state index in [-0.39, 0.29) is 11.4 Å². The zero-order valence-corrected chi connectivity index (χ0v) is 22.5. The van der Waals surface area contributed by atoms with Gasteiger partial charge in [0.2, 0.25) is 5.95 Å². The van der Waals surface area contributed by atoms with Crippen molar-refractivity contribution in [2.75, 3.05) is 40.7 Å². The van der Waals surface area contributed by atoms with Crippen LogP contribution < -0.4 is 19.8 Å². The normalized spacial score (nSPS) is 19.0. The zero-order chi connectivity index (χ0) is 26.5. The van der Waals surface area contributed by atoms with Gasteiger partial charge in [0.05, 0.1) is 5.52 Å². The van der Waals surface area contributed by atoms with E-state index in [9.17, 15) is 8.42 Å². The topological polar surface area (TPSA) is 103 Å². The van der Waals surface area contributed by atoms with E-state index in [0.717, 1.165) is 36.3 Å². The van der Waals surface area contributed by atoms with Crippen LogP contribution in [0.5, 0.6) is 0 Å². The minimum absolute atomic E-state index is 0.171.